The Labute approximate surface area is 170 Å². The van der Waals surface area contributed by atoms with E-state index in [1.165, 1.54) is 30.9 Å². The highest BCUT2D eigenvalue weighted by atomic mass is 35.5. The van der Waals surface area contributed by atoms with E-state index in [-0.39, 0.29) is 29.3 Å². The van der Waals surface area contributed by atoms with E-state index in [1.807, 2.05) is 4.90 Å². The zero-order valence-corrected chi connectivity index (χ0v) is 16.2. The van der Waals surface area contributed by atoms with Crippen LogP contribution in [0.4, 0.5) is 14.5 Å². The maximum Gasteiger partial charge on any atom is 0.212 e. The number of aromatic nitrogens is 5. The topological polar surface area (TPSA) is 83.5 Å². The van der Waals surface area contributed by atoms with Crippen molar-refractivity contribution >= 4 is 17.3 Å². The molecule has 0 amide bonds. The van der Waals surface area contributed by atoms with Crippen LogP contribution in [0.3, 0.4) is 0 Å². The van der Waals surface area contributed by atoms with Gasteiger partial charge < -0.3 is 9.47 Å². The van der Waals surface area contributed by atoms with Gasteiger partial charge in [-0.3, -0.25) is 4.98 Å². The molecule has 0 N–H and O–H groups in total. The van der Waals surface area contributed by atoms with E-state index in [0.717, 1.165) is 0 Å². The number of aryl methyl sites for hydroxylation is 1. The third-order valence-electron chi connectivity index (χ3n) is 5.10. The first-order chi connectivity index (χ1) is 13.9. The van der Waals surface area contributed by atoms with Crippen LogP contribution in [0.2, 0.25) is 5.02 Å². The van der Waals surface area contributed by atoms with Gasteiger partial charge in [-0.15, -0.1) is 10.2 Å². The molecule has 0 aliphatic carbocycles. The number of alkyl halides is 1. The summed E-state index contributed by atoms with van der Waals surface area (Å²) in [5.41, 5.74) is 0.112. The van der Waals surface area contributed by atoms with Crippen LogP contribution in [-0.4, -0.2) is 37.8 Å². The number of anilines is 1. The third kappa shape index (κ3) is 3.40. The van der Waals surface area contributed by atoms with Gasteiger partial charge in [-0.1, -0.05) is 11.6 Å². The van der Waals surface area contributed by atoms with Gasteiger partial charge in [0.1, 0.15) is 12.4 Å². The van der Waals surface area contributed by atoms with Crippen molar-refractivity contribution in [2.45, 2.75) is 18.5 Å². The molecule has 4 heterocycles. The molecule has 0 saturated carbocycles. The molecule has 3 aromatic rings. The van der Waals surface area contributed by atoms with Gasteiger partial charge in [0.2, 0.25) is 5.95 Å². The van der Waals surface area contributed by atoms with Gasteiger partial charge in [0, 0.05) is 50.9 Å². The number of hydrogen-bond donors (Lipinski definition) is 0. The molecule has 7 nitrogen and oxygen atoms in total. The third-order valence-corrected chi connectivity index (χ3v) is 5.39. The highest BCUT2D eigenvalue weighted by Crippen LogP contribution is 2.41. The molecule has 0 atom stereocenters. The van der Waals surface area contributed by atoms with Crippen molar-refractivity contribution in [2.75, 3.05) is 18.0 Å². The summed E-state index contributed by atoms with van der Waals surface area (Å²) < 4.78 is 30.3. The van der Waals surface area contributed by atoms with E-state index >= 15 is 4.39 Å². The highest BCUT2D eigenvalue weighted by molar-refractivity contribution is 6.32. The average Bonchev–Trinajstić information content (AvgIpc) is 3.16. The van der Waals surface area contributed by atoms with Crippen LogP contribution >= 0.6 is 11.6 Å². The summed E-state index contributed by atoms with van der Waals surface area (Å²) in [6, 6.07) is 4.87. The van der Waals surface area contributed by atoms with Crippen LogP contribution in [0.5, 0.6) is 0 Å². The lowest BCUT2D eigenvalue weighted by atomic mass is 9.91. The SMILES string of the molecule is Cn1cnnc1C1(F)CCN(c2c(-c3ccc(F)nc3)ncc(Cl)c2C#N)CC1. The molecule has 3 aromatic heterocycles. The molecular formula is C19H16ClF2N7. The number of hydrogen-bond acceptors (Lipinski definition) is 6. The molecule has 1 aliphatic heterocycles. The summed E-state index contributed by atoms with van der Waals surface area (Å²) in [5, 5.41) is 17.6. The van der Waals surface area contributed by atoms with Crippen molar-refractivity contribution in [2.24, 2.45) is 7.05 Å². The van der Waals surface area contributed by atoms with E-state index < -0.39 is 11.6 Å². The van der Waals surface area contributed by atoms with Crippen LogP contribution in [0.25, 0.3) is 11.3 Å². The first-order valence-electron chi connectivity index (χ1n) is 8.92. The van der Waals surface area contributed by atoms with E-state index in [1.54, 1.807) is 11.6 Å². The van der Waals surface area contributed by atoms with Crippen molar-refractivity contribution in [3.05, 3.63) is 53.2 Å². The van der Waals surface area contributed by atoms with Crippen molar-refractivity contribution in [3.8, 4) is 17.3 Å². The predicted molar refractivity (Wildman–Crippen MR) is 102 cm³/mol. The minimum atomic E-state index is -1.61. The summed E-state index contributed by atoms with van der Waals surface area (Å²) in [6.07, 6.45) is 4.53. The number of nitrogens with zero attached hydrogens (tertiary/aromatic N) is 7. The lowest BCUT2D eigenvalue weighted by molar-refractivity contribution is 0.109. The van der Waals surface area contributed by atoms with Gasteiger partial charge in [-0.25, -0.2) is 9.37 Å². The Morgan fingerprint density at radius 1 is 1.21 bits per heavy atom. The lowest BCUT2D eigenvalue weighted by Gasteiger charge is -2.37. The molecule has 0 bridgehead atoms. The maximum absolute atomic E-state index is 15.5. The molecule has 1 aliphatic rings. The fourth-order valence-electron chi connectivity index (χ4n) is 3.62. The Balaban J connectivity index is 1.72. The second kappa shape index (κ2) is 7.37. The summed E-state index contributed by atoms with van der Waals surface area (Å²) in [6.45, 7) is 0.642. The Hall–Kier alpha value is -3.12. The summed E-state index contributed by atoms with van der Waals surface area (Å²) in [4.78, 5) is 9.90. The first kappa shape index (κ1) is 19.2. The second-order valence-electron chi connectivity index (χ2n) is 6.88. The Morgan fingerprint density at radius 3 is 2.55 bits per heavy atom. The molecule has 0 unspecified atom stereocenters. The highest BCUT2D eigenvalue weighted by Gasteiger charge is 2.41. The Morgan fingerprint density at radius 2 is 1.97 bits per heavy atom. The quantitative estimate of drug-likeness (QED) is 0.609. The molecule has 0 aromatic carbocycles. The molecule has 148 valence electrons. The molecule has 0 spiro atoms. The molecule has 0 radical (unpaired) electrons. The zero-order chi connectivity index (χ0) is 20.6. The first-order valence-corrected chi connectivity index (χ1v) is 9.29. The number of rotatable bonds is 3. The molecule has 4 rings (SSSR count). The number of halogens is 3. The standard InChI is InChI=1S/C19H16ClF2N7/c1-28-11-26-27-18(28)19(22)4-6-29(7-5-19)17-13(8-23)14(20)10-25-16(17)12-2-3-15(21)24-9-12/h2-3,9-11H,4-7H2,1H3. The Bertz CT molecular complexity index is 1080. The van der Waals surface area contributed by atoms with Gasteiger partial charge in [0.05, 0.1) is 22.0 Å². The van der Waals surface area contributed by atoms with E-state index in [4.69, 9.17) is 11.6 Å². The maximum atomic E-state index is 15.5. The van der Waals surface area contributed by atoms with Crippen LogP contribution in [0.1, 0.15) is 24.2 Å². The van der Waals surface area contributed by atoms with Crippen LogP contribution in [0, 0.1) is 17.3 Å². The molecule has 1 saturated heterocycles. The summed E-state index contributed by atoms with van der Waals surface area (Å²) in [5.74, 6) is -0.335. The van der Waals surface area contributed by atoms with Gasteiger partial charge in [0.15, 0.2) is 11.5 Å². The van der Waals surface area contributed by atoms with Crippen molar-refractivity contribution in [1.82, 2.24) is 24.7 Å². The minimum Gasteiger partial charge on any atom is -0.368 e. The van der Waals surface area contributed by atoms with Crippen LogP contribution in [0.15, 0.2) is 30.9 Å². The smallest absolute Gasteiger partial charge is 0.212 e. The normalized spacial score (nSPS) is 15.9. The molecule has 29 heavy (non-hydrogen) atoms. The fraction of sp³-hybridized carbons (Fsp3) is 0.316. The van der Waals surface area contributed by atoms with Crippen molar-refractivity contribution in [3.63, 3.8) is 0 Å². The van der Waals surface area contributed by atoms with E-state index in [9.17, 15) is 9.65 Å². The molecule has 10 heteroatoms. The van der Waals surface area contributed by atoms with Gasteiger partial charge in [0.25, 0.3) is 0 Å². The molecule has 1 fully saturated rings. The van der Waals surface area contributed by atoms with Crippen LogP contribution < -0.4 is 4.90 Å². The van der Waals surface area contributed by atoms with Gasteiger partial charge >= 0.3 is 0 Å². The van der Waals surface area contributed by atoms with Crippen molar-refractivity contribution < 1.29 is 8.78 Å². The minimum absolute atomic E-state index is 0.165. The number of pyridine rings is 2. The zero-order valence-electron chi connectivity index (χ0n) is 15.5. The largest absolute Gasteiger partial charge is 0.368 e. The fourth-order valence-corrected chi connectivity index (χ4v) is 3.80. The van der Waals surface area contributed by atoms with Gasteiger partial charge in [-0.2, -0.15) is 9.65 Å². The summed E-state index contributed by atoms with van der Waals surface area (Å²) in [7, 11) is 1.71. The summed E-state index contributed by atoms with van der Waals surface area (Å²) >= 11 is 6.21. The average molecular weight is 416 g/mol. The predicted octanol–water partition coefficient (Wildman–Crippen LogP) is 3.40. The number of piperidine rings is 1. The monoisotopic (exact) mass is 415 g/mol. The Kier molecular flexibility index (Phi) is 4.88. The van der Waals surface area contributed by atoms with Gasteiger partial charge in [-0.05, 0) is 12.1 Å². The molecular weight excluding hydrogens is 400 g/mol. The van der Waals surface area contributed by atoms with E-state index in [2.05, 4.69) is 26.2 Å². The number of nitriles is 1. The van der Waals surface area contributed by atoms with E-state index in [0.29, 0.717) is 30.0 Å². The van der Waals surface area contributed by atoms with Crippen molar-refractivity contribution in [1.29, 1.82) is 5.26 Å². The second-order valence-corrected chi connectivity index (χ2v) is 7.28. The van der Waals surface area contributed by atoms with Crippen LogP contribution in [-0.2, 0) is 12.7 Å². The lowest BCUT2D eigenvalue weighted by Crippen LogP contribution is -2.42.